The maximum absolute atomic E-state index is 13.8. The Balaban J connectivity index is 1.19. The van der Waals surface area contributed by atoms with Gasteiger partial charge in [-0.25, -0.2) is 4.39 Å². The van der Waals surface area contributed by atoms with Gasteiger partial charge in [0.05, 0.1) is 22.5 Å². The molecule has 5 nitrogen and oxygen atoms in total. The molecular formula is C31H23FN2O3S2. The van der Waals surface area contributed by atoms with E-state index in [1.165, 1.54) is 40.5 Å². The van der Waals surface area contributed by atoms with Crippen LogP contribution in [0.15, 0.2) is 88.7 Å². The quantitative estimate of drug-likeness (QED) is 0.319. The van der Waals surface area contributed by atoms with Gasteiger partial charge in [-0.2, -0.15) is 0 Å². The molecule has 0 radical (unpaired) electrons. The van der Waals surface area contributed by atoms with E-state index in [1.54, 1.807) is 11.8 Å². The SMILES string of the molecule is O=C1C2C3CC(C2C(=O)N1c1ccc(F)cc1)C1C3Sc2[nH]c(=O)sc2[C@@H]1c1ccc(-c2ccccc2)cc1. The number of thiazole rings is 1. The monoisotopic (exact) mass is 554 g/mol. The molecule has 3 heterocycles. The third-order valence-corrected chi connectivity index (χ3v) is 11.8. The Hall–Kier alpha value is -3.49. The van der Waals surface area contributed by atoms with Crippen molar-refractivity contribution in [3.05, 3.63) is 105 Å². The van der Waals surface area contributed by atoms with E-state index in [9.17, 15) is 18.8 Å². The lowest BCUT2D eigenvalue weighted by Gasteiger charge is -2.43. The molecule has 8 heteroatoms. The van der Waals surface area contributed by atoms with Crippen LogP contribution in [0.3, 0.4) is 0 Å². The number of hydrogen-bond donors (Lipinski definition) is 1. The van der Waals surface area contributed by atoms with Gasteiger partial charge in [-0.15, -0.1) is 11.8 Å². The number of halogens is 1. The minimum atomic E-state index is -0.401. The molecule has 2 aliphatic carbocycles. The van der Waals surface area contributed by atoms with E-state index in [-0.39, 0.29) is 57.4 Å². The molecule has 2 saturated carbocycles. The highest BCUT2D eigenvalue weighted by molar-refractivity contribution is 8.00. The zero-order valence-electron chi connectivity index (χ0n) is 20.6. The minimum absolute atomic E-state index is 0.0150. The number of rotatable bonds is 3. The fourth-order valence-corrected chi connectivity index (χ4v) is 10.6. The number of carbonyl (C=O) groups is 2. The molecule has 2 amide bonds. The highest BCUT2D eigenvalue weighted by atomic mass is 32.2. The number of hydrogen-bond acceptors (Lipinski definition) is 5. The van der Waals surface area contributed by atoms with Crippen LogP contribution in [0.5, 0.6) is 0 Å². The molecule has 2 aliphatic heterocycles. The second-order valence-electron chi connectivity index (χ2n) is 10.9. The maximum atomic E-state index is 13.8. The van der Waals surface area contributed by atoms with E-state index < -0.39 is 5.82 Å². The van der Waals surface area contributed by atoms with Gasteiger partial charge >= 0.3 is 4.87 Å². The van der Waals surface area contributed by atoms with E-state index >= 15 is 0 Å². The maximum Gasteiger partial charge on any atom is 0.305 e. The average molecular weight is 555 g/mol. The molecule has 194 valence electrons. The Morgan fingerprint density at radius 2 is 1.46 bits per heavy atom. The third-order valence-electron chi connectivity index (χ3n) is 9.19. The first-order valence-corrected chi connectivity index (χ1v) is 14.9. The van der Waals surface area contributed by atoms with Gasteiger partial charge in [-0.1, -0.05) is 65.9 Å². The summed E-state index contributed by atoms with van der Waals surface area (Å²) >= 11 is 2.95. The first kappa shape index (κ1) is 23.4. The van der Waals surface area contributed by atoms with Crippen molar-refractivity contribution in [2.75, 3.05) is 4.90 Å². The first-order valence-electron chi connectivity index (χ1n) is 13.2. The lowest BCUT2D eigenvalue weighted by atomic mass is 9.68. The number of nitrogens with one attached hydrogen (secondary N) is 1. The summed E-state index contributed by atoms with van der Waals surface area (Å²) in [5.74, 6) is -1.25. The molecule has 3 aromatic carbocycles. The summed E-state index contributed by atoms with van der Waals surface area (Å²) in [6, 6.07) is 24.4. The molecular weight excluding hydrogens is 531 g/mol. The Morgan fingerprint density at radius 3 is 2.18 bits per heavy atom. The van der Waals surface area contributed by atoms with Crippen LogP contribution in [0.1, 0.15) is 22.8 Å². The number of H-pyrrole nitrogens is 1. The molecule has 0 spiro atoms. The van der Waals surface area contributed by atoms with Crippen LogP contribution in [-0.2, 0) is 9.59 Å². The van der Waals surface area contributed by atoms with Gasteiger partial charge in [0, 0.05) is 16.0 Å². The number of aromatic amines is 1. The summed E-state index contributed by atoms with van der Waals surface area (Å²) in [6.45, 7) is 0. The summed E-state index contributed by atoms with van der Waals surface area (Å²) < 4.78 is 13.6. The van der Waals surface area contributed by atoms with E-state index in [0.29, 0.717) is 5.69 Å². The molecule has 4 aliphatic rings. The molecule has 7 atom stereocenters. The van der Waals surface area contributed by atoms with Crippen LogP contribution in [0.4, 0.5) is 10.1 Å². The lowest BCUT2D eigenvalue weighted by molar-refractivity contribution is -0.123. The summed E-state index contributed by atoms with van der Waals surface area (Å²) in [6.07, 6.45) is 0.837. The van der Waals surface area contributed by atoms with Crippen LogP contribution >= 0.6 is 23.1 Å². The largest absolute Gasteiger partial charge is 0.307 e. The molecule has 1 saturated heterocycles. The van der Waals surface area contributed by atoms with Gasteiger partial charge in [-0.3, -0.25) is 19.3 Å². The van der Waals surface area contributed by atoms with E-state index in [1.807, 2.05) is 18.2 Å². The molecule has 4 aromatic rings. The van der Waals surface area contributed by atoms with Crippen molar-refractivity contribution in [2.45, 2.75) is 22.6 Å². The van der Waals surface area contributed by atoms with Crippen molar-refractivity contribution in [3.63, 3.8) is 0 Å². The number of nitrogens with zero attached hydrogens (tertiary/aromatic N) is 1. The molecule has 39 heavy (non-hydrogen) atoms. The Bertz CT molecular complexity index is 1680. The predicted molar refractivity (Wildman–Crippen MR) is 149 cm³/mol. The fourth-order valence-electron chi connectivity index (χ4n) is 7.75. The van der Waals surface area contributed by atoms with Crippen LogP contribution in [0, 0.1) is 35.4 Å². The summed E-state index contributed by atoms with van der Waals surface area (Å²) in [5, 5.41) is 1.04. The van der Waals surface area contributed by atoms with Crippen molar-refractivity contribution >= 4 is 40.6 Å². The molecule has 1 N–H and O–H groups in total. The zero-order valence-corrected chi connectivity index (χ0v) is 22.3. The van der Waals surface area contributed by atoms with Crippen LogP contribution in [0.2, 0.25) is 0 Å². The van der Waals surface area contributed by atoms with Gasteiger partial charge in [0.2, 0.25) is 11.8 Å². The summed E-state index contributed by atoms with van der Waals surface area (Å²) in [4.78, 5) is 45.3. The average Bonchev–Trinajstić information content (AvgIpc) is 3.69. The zero-order chi connectivity index (χ0) is 26.4. The molecule has 6 unspecified atom stereocenters. The van der Waals surface area contributed by atoms with Crippen molar-refractivity contribution in [1.29, 1.82) is 0 Å². The first-order chi connectivity index (χ1) is 19.0. The second-order valence-corrected chi connectivity index (χ2v) is 13.1. The standard InChI is InChI=1S/C31H23FN2O3S2/c32-18-10-12-19(13-11-18)34-29(35)24-20-14-21(25(24)30(34)36)26-23(20)22(27-28(38-26)33-31(37)39-27)17-8-6-16(7-9-17)15-4-2-1-3-5-15/h1-13,20-26H,14H2,(H,33,37)/t20?,21?,22-,23?,24?,25?,26?/m1/s1. The normalized spacial score (nSPS) is 30.4. The van der Waals surface area contributed by atoms with Crippen molar-refractivity contribution in [3.8, 4) is 11.1 Å². The van der Waals surface area contributed by atoms with Crippen LogP contribution < -0.4 is 9.77 Å². The number of fused-ring (bicyclic) bond motifs is 9. The molecule has 8 rings (SSSR count). The summed E-state index contributed by atoms with van der Waals surface area (Å²) in [7, 11) is 0. The number of imide groups is 1. The van der Waals surface area contributed by atoms with E-state index in [2.05, 4.69) is 41.4 Å². The van der Waals surface area contributed by atoms with Crippen molar-refractivity contribution in [2.24, 2.45) is 29.6 Å². The summed E-state index contributed by atoms with van der Waals surface area (Å²) in [5.41, 5.74) is 3.85. The number of aromatic nitrogens is 1. The number of amides is 2. The molecule has 1 aromatic heterocycles. The van der Waals surface area contributed by atoms with E-state index in [4.69, 9.17) is 0 Å². The number of thioether (sulfide) groups is 1. The minimum Gasteiger partial charge on any atom is -0.307 e. The van der Waals surface area contributed by atoms with Gasteiger partial charge in [0.15, 0.2) is 0 Å². The number of carbonyl (C=O) groups excluding carboxylic acids is 2. The second kappa shape index (κ2) is 8.50. The van der Waals surface area contributed by atoms with Gasteiger partial charge in [0.1, 0.15) is 5.82 Å². The lowest BCUT2D eigenvalue weighted by Crippen LogP contribution is -2.42. The van der Waals surface area contributed by atoms with Gasteiger partial charge < -0.3 is 4.98 Å². The smallest absolute Gasteiger partial charge is 0.305 e. The third kappa shape index (κ3) is 3.34. The van der Waals surface area contributed by atoms with Crippen LogP contribution in [0.25, 0.3) is 11.1 Å². The molecule has 3 fully saturated rings. The Kier molecular flexibility index (Phi) is 5.10. The van der Waals surface area contributed by atoms with Crippen molar-refractivity contribution in [1.82, 2.24) is 4.98 Å². The van der Waals surface area contributed by atoms with Gasteiger partial charge in [0.25, 0.3) is 0 Å². The molecule has 2 bridgehead atoms. The number of anilines is 1. The van der Waals surface area contributed by atoms with E-state index in [0.717, 1.165) is 33.0 Å². The highest BCUT2D eigenvalue weighted by Gasteiger charge is 2.69. The Morgan fingerprint density at radius 1 is 0.795 bits per heavy atom. The van der Waals surface area contributed by atoms with Gasteiger partial charge in [-0.05, 0) is 65.1 Å². The van der Waals surface area contributed by atoms with Crippen LogP contribution in [-0.4, -0.2) is 22.0 Å². The Labute approximate surface area is 232 Å². The fraction of sp³-hybridized carbons (Fsp3) is 0.258. The highest BCUT2D eigenvalue weighted by Crippen LogP contribution is 2.68. The van der Waals surface area contributed by atoms with Crippen molar-refractivity contribution < 1.29 is 14.0 Å². The number of benzene rings is 3. The predicted octanol–water partition coefficient (Wildman–Crippen LogP) is 5.92. The topological polar surface area (TPSA) is 70.2 Å².